The molecule has 0 saturated heterocycles. The van der Waals surface area contributed by atoms with Crippen LogP contribution in [0.1, 0.15) is 38.7 Å². The molecule has 2 aliphatic rings. The highest BCUT2D eigenvalue weighted by molar-refractivity contribution is 7.99. The molecular formula is C22H28N2O3S. The first-order valence-electron chi connectivity index (χ1n) is 9.88. The van der Waals surface area contributed by atoms with Crippen LogP contribution in [-0.2, 0) is 14.3 Å². The molecule has 0 fully saturated rings. The molecule has 0 aromatic heterocycles. The standard InChI is InChI=1S/C22H28N2O3S/c1-3-28-12-6-11-27-21(25)10-9-16-15(2)14-23-20(16)13-18-17-7-4-5-8-19(17)24-22(18)26/h4-5,7-8,13-14,16,20,23H,3,6,9-12H2,1-2H3,(H,24,26)/b18-13-. The quantitative estimate of drug-likeness (QED) is 0.373. The van der Waals surface area contributed by atoms with Crippen molar-refractivity contribution in [1.82, 2.24) is 5.32 Å². The number of fused-ring (bicyclic) bond motifs is 1. The molecule has 0 aliphatic carbocycles. The van der Waals surface area contributed by atoms with Crippen LogP contribution in [0.4, 0.5) is 5.69 Å². The molecular weight excluding hydrogens is 372 g/mol. The van der Waals surface area contributed by atoms with Crippen LogP contribution in [0.2, 0.25) is 0 Å². The second kappa shape index (κ2) is 9.82. The maximum absolute atomic E-state index is 12.4. The van der Waals surface area contributed by atoms with E-state index >= 15 is 0 Å². The number of thioether (sulfide) groups is 1. The molecule has 150 valence electrons. The zero-order valence-corrected chi connectivity index (χ0v) is 17.3. The number of carbonyl (C=O) groups is 2. The fourth-order valence-electron chi connectivity index (χ4n) is 3.63. The van der Waals surface area contributed by atoms with Crippen LogP contribution in [0.3, 0.4) is 0 Å². The van der Waals surface area contributed by atoms with Crippen molar-refractivity contribution in [3.8, 4) is 0 Å². The van der Waals surface area contributed by atoms with Gasteiger partial charge in [0.05, 0.1) is 12.6 Å². The Bertz CT molecular complexity index is 788. The fraction of sp³-hybridized carbons (Fsp3) is 0.455. The molecule has 3 rings (SSSR count). The molecule has 1 aromatic rings. The molecule has 2 N–H and O–H groups in total. The predicted octanol–water partition coefficient (Wildman–Crippen LogP) is 3.98. The first-order chi connectivity index (χ1) is 13.6. The summed E-state index contributed by atoms with van der Waals surface area (Å²) in [6, 6.07) is 7.71. The van der Waals surface area contributed by atoms with Crippen LogP contribution < -0.4 is 10.6 Å². The number of carbonyl (C=O) groups excluding carboxylic acids is 2. The highest BCUT2D eigenvalue weighted by Gasteiger charge is 2.30. The average molecular weight is 401 g/mol. The van der Waals surface area contributed by atoms with E-state index < -0.39 is 0 Å². The van der Waals surface area contributed by atoms with Crippen molar-refractivity contribution in [1.29, 1.82) is 0 Å². The van der Waals surface area contributed by atoms with Crippen LogP contribution in [-0.4, -0.2) is 36.0 Å². The minimum atomic E-state index is -0.142. The summed E-state index contributed by atoms with van der Waals surface area (Å²) in [5, 5.41) is 6.26. The van der Waals surface area contributed by atoms with Gasteiger partial charge in [0.25, 0.3) is 5.91 Å². The van der Waals surface area contributed by atoms with Gasteiger partial charge in [0.1, 0.15) is 0 Å². The van der Waals surface area contributed by atoms with Gasteiger partial charge in [-0.25, -0.2) is 0 Å². The Kier molecular flexibility index (Phi) is 7.20. The van der Waals surface area contributed by atoms with Crippen LogP contribution in [0.25, 0.3) is 5.57 Å². The lowest BCUT2D eigenvalue weighted by molar-refractivity contribution is -0.143. The molecule has 1 amide bonds. The fourth-order valence-corrected chi connectivity index (χ4v) is 4.24. The van der Waals surface area contributed by atoms with Gasteiger partial charge in [-0.05, 0) is 49.6 Å². The van der Waals surface area contributed by atoms with Crippen molar-refractivity contribution in [3.63, 3.8) is 0 Å². The summed E-state index contributed by atoms with van der Waals surface area (Å²) in [7, 11) is 0. The minimum absolute atomic E-state index is 0.000611. The summed E-state index contributed by atoms with van der Waals surface area (Å²) < 4.78 is 5.34. The van der Waals surface area contributed by atoms with Crippen molar-refractivity contribution >= 4 is 34.9 Å². The van der Waals surface area contributed by atoms with Gasteiger partial charge < -0.3 is 15.4 Å². The molecule has 6 heteroatoms. The normalized spacial score (nSPS) is 21.9. The zero-order valence-electron chi connectivity index (χ0n) is 16.5. The van der Waals surface area contributed by atoms with Gasteiger partial charge in [0, 0.05) is 29.2 Å². The van der Waals surface area contributed by atoms with Gasteiger partial charge in [-0.15, -0.1) is 0 Å². The number of ether oxygens (including phenoxy) is 1. The number of amides is 1. The molecule has 0 bridgehead atoms. The molecule has 0 spiro atoms. The van der Waals surface area contributed by atoms with E-state index in [0.29, 0.717) is 25.0 Å². The number of hydrogen-bond acceptors (Lipinski definition) is 5. The Balaban J connectivity index is 1.57. The topological polar surface area (TPSA) is 67.4 Å². The largest absolute Gasteiger partial charge is 0.466 e. The van der Waals surface area contributed by atoms with Gasteiger partial charge in [-0.1, -0.05) is 30.7 Å². The maximum Gasteiger partial charge on any atom is 0.305 e. The van der Waals surface area contributed by atoms with Crippen molar-refractivity contribution < 1.29 is 14.3 Å². The van der Waals surface area contributed by atoms with E-state index in [2.05, 4.69) is 24.5 Å². The van der Waals surface area contributed by atoms with Gasteiger partial charge >= 0.3 is 5.97 Å². The summed E-state index contributed by atoms with van der Waals surface area (Å²) in [5.74, 6) is 2.08. The molecule has 28 heavy (non-hydrogen) atoms. The summed E-state index contributed by atoms with van der Waals surface area (Å²) in [5.41, 5.74) is 3.67. The smallest absolute Gasteiger partial charge is 0.305 e. The molecule has 2 aliphatic heterocycles. The van der Waals surface area contributed by atoms with E-state index in [1.54, 1.807) is 0 Å². The van der Waals surface area contributed by atoms with E-state index in [9.17, 15) is 9.59 Å². The Labute approximate surface area is 171 Å². The number of anilines is 1. The SMILES string of the molecule is CCSCCCOC(=O)CCC1C(C)=CNC1/C=C1\C(=O)Nc2ccccc21. The van der Waals surface area contributed by atoms with Gasteiger partial charge in [0.15, 0.2) is 0 Å². The predicted molar refractivity (Wildman–Crippen MR) is 115 cm³/mol. The lowest BCUT2D eigenvalue weighted by Crippen LogP contribution is -2.27. The van der Waals surface area contributed by atoms with Crippen molar-refractivity contribution in [2.24, 2.45) is 5.92 Å². The second-order valence-corrected chi connectivity index (χ2v) is 8.47. The van der Waals surface area contributed by atoms with Gasteiger partial charge in [0.2, 0.25) is 0 Å². The lowest BCUT2D eigenvalue weighted by Gasteiger charge is -2.19. The Hall–Kier alpha value is -2.21. The zero-order chi connectivity index (χ0) is 19.9. The number of nitrogens with one attached hydrogen (secondary N) is 2. The molecule has 1 aromatic carbocycles. The van der Waals surface area contributed by atoms with Crippen molar-refractivity contribution in [3.05, 3.63) is 47.7 Å². The summed E-state index contributed by atoms with van der Waals surface area (Å²) in [6.45, 7) is 4.68. The molecule has 0 saturated carbocycles. The van der Waals surface area contributed by atoms with E-state index in [0.717, 1.165) is 29.2 Å². The van der Waals surface area contributed by atoms with E-state index in [4.69, 9.17) is 4.74 Å². The summed E-state index contributed by atoms with van der Waals surface area (Å²) in [4.78, 5) is 24.4. The third-order valence-electron chi connectivity index (χ3n) is 5.14. The summed E-state index contributed by atoms with van der Waals surface area (Å²) >= 11 is 1.86. The average Bonchev–Trinajstić information content (AvgIpc) is 3.20. The number of esters is 1. The number of para-hydroxylation sites is 1. The number of hydrogen-bond donors (Lipinski definition) is 2. The lowest BCUT2D eigenvalue weighted by atomic mass is 9.89. The molecule has 5 nitrogen and oxygen atoms in total. The van der Waals surface area contributed by atoms with E-state index in [1.807, 2.05) is 48.3 Å². The molecule has 0 radical (unpaired) electrons. The van der Waals surface area contributed by atoms with E-state index in [-0.39, 0.29) is 23.8 Å². The number of benzene rings is 1. The number of rotatable bonds is 9. The van der Waals surface area contributed by atoms with Crippen LogP contribution in [0.5, 0.6) is 0 Å². The highest BCUT2D eigenvalue weighted by Crippen LogP contribution is 2.34. The highest BCUT2D eigenvalue weighted by atomic mass is 32.2. The van der Waals surface area contributed by atoms with Crippen LogP contribution in [0, 0.1) is 5.92 Å². The summed E-state index contributed by atoms with van der Waals surface area (Å²) in [6.07, 6.45) is 5.97. The molecule has 2 heterocycles. The molecule has 2 unspecified atom stereocenters. The Morgan fingerprint density at radius 2 is 2.14 bits per heavy atom. The van der Waals surface area contributed by atoms with Crippen LogP contribution >= 0.6 is 11.8 Å². The Morgan fingerprint density at radius 3 is 2.96 bits per heavy atom. The third kappa shape index (κ3) is 4.98. The maximum atomic E-state index is 12.4. The third-order valence-corrected chi connectivity index (χ3v) is 6.12. The van der Waals surface area contributed by atoms with Gasteiger partial charge in [-0.2, -0.15) is 11.8 Å². The van der Waals surface area contributed by atoms with Crippen molar-refractivity contribution in [2.45, 2.75) is 39.2 Å². The van der Waals surface area contributed by atoms with Crippen molar-refractivity contribution in [2.75, 3.05) is 23.4 Å². The van der Waals surface area contributed by atoms with Crippen LogP contribution in [0.15, 0.2) is 42.1 Å². The van der Waals surface area contributed by atoms with Gasteiger partial charge in [-0.3, -0.25) is 9.59 Å². The monoisotopic (exact) mass is 400 g/mol. The second-order valence-electron chi connectivity index (χ2n) is 7.08. The Morgan fingerprint density at radius 1 is 1.32 bits per heavy atom. The molecule has 2 atom stereocenters. The minimum Gasteiger partial charge on any atom is -0.466 e. The first-order valence-corrected chi connectivity index (χ1v) is 11.0. The van der Waals surface area contributed by atoms with E-state index in [1.165, 1.54) is 5.57 Å². The first kappa shape index (κ1) is 20.5.